The fourth-order valence-corrected chi connectivity index (χ4v) is 1.78. The molecule has 0 amide bonds. The van der Waals surface area contributed by atoms with Crippen molar-refractivity contribution in [1.29, 1.82) is 0 Å². The Labute approximate surface area is 75.7 Å². The van der Waals surface area contributed by atoms with Gasteiger partial charge in [0.25, 0.3) is 0 Å². The van der Waals surface area contributed by atoms with Gasteiger partial charge in [0.15, 0.2) is 0 Å². The Kier molecular flexibility index (Phi) is 7.62. The Hall–Kier alpha value is -0.160. The van der Waals surface area contributed by atoms with Crippen LogP contribution < -0.4 is 18.0 Å². The van der Waals surface area contributed by atoms with Crippen molar-refractivity contribution in [3.8, 4) is 0 Å². The summed E-state index contributed by atoms with van der Waals surface area (Å²) in [4.78, 5) is 2.25. The van der Waals surface area contributed by atoms with Crippen LogP contribution in [-0.2, 0) is 0 Å². The van der Waals surface area contributed by atoms with Gasteiger partial charge in [-0.2, -0.15) is 0 Å². The number of hydrogen-bond donors (Lipinski definition) is 3. The van der Waals surface area contributed by atoms with Crippen LogP contribution in [0.4, 0.5) is 0 Å². The van der Waals surface area contributed by atoms with E-state index in [0.29, 0.717) is 12.1 Å². The second kappa shape index (κ2) is 6.37. The smallest absolute Gasteiger partial charge is 0.0241 e. The fourth-order valence-electron chi connectivity index (χ4n) is 1.78. The average molecular weight is 176 g/mol. The number of nitrogens with zero attached hydrogens (tertiary/aromatic N) is 1. The van der Waals surface area contributed by atoms with Crippen molar-refractivity contribution in [1.82, 2.24) is 17.2 Å². The maximum absolute atomic E-state index is 5.94. The lowest BCUT2D eigenvalue weighted by Gasteiger charge is -2.33. The van der Waals surface area contributed by atoms with E-state index < -0.39 is 0 Å². The van der Waals surface area contributed by atoms with Gasteiger partial charge in [-0.1, -0.05) is 12.8 Å². The SMILES string of the molecule is CN(C)C1CCCCC1N.N.N. The molecule has 1 rings (SSSR count). The van der Waals surface area contributed by atoms with Crippen molar-refractivity contribution in [2.75, 3.05) is 14.1 Å². The van der Waals surface area contributed by atoms with Crippen LogP contribution in [0.25, 0.3) is 0 Å². The first-order valence-electron chi connectivity index (χ1n) is 4.14. The Morgan fingerprint density at radius 1 is 1.08 bits per heavy atom. The third kappa shape index (κ3) is 3.49. The van der Waals surface area contributed by atoms with Crippen molar-refractivity contribution >= 4 is 0 Å². The molecule has 4 nitrogen and oxygen atoms in total. The van der Waals surface area contributed by atoms with Crippen LogP contribution in [0.2, 0.25) is 0 Å². The standard InChI is InChI=1S/C8H18N2.2H3N/c1-10(2)8-6-4-3-5-7(8)9;;/h7-8H,3-6,9H2,1-2H3;2*1H3. The van der Waals surface area contributed by atoms with Gasteiger partial charge < -0.3 is 22.9 Å². The monoisotopic (exact) mass is 176 g/mol. The molecule has 2 unspecified atom stereocenters. The molecule has 0 radical (unpaired) electrons. The summed E-state index contributed by atoms with van der Waals surface area (Å²) in [6.45, 7) is 0. The van der Waals surface area contributed by atoms with E-state index in [9.17, 15) is 0 Å². The highest BCUT2D eigenvalue weighted by Crippen LogP contribution is 2.19. The highest BCUT2D eigenvalue weighted by molar-refractivity contribution is 4.82. The minimum atomic E-state index is 0. The highest BCUT2D eigenvalue weighted by Gasteiger charge is 2.22. The molecule has 0 aromatic rings. The summed E-state index contributed by atoms with van der Waals surface area (Å²) in [6, 6.07) is 1.05. The van der Waals surface area contributed by atoms with Gasteiger partial charge >= 0.3 is 0 Å². The number of nitrogens with two attached hydrogens (primary N) is 1. The molecule has 1 aliphatic rings. The van der Waals surface area contributed by atoms with Crippen molar-refractivity contribution < 1.29 is 0 Å². The van der Waals surface area contributed by atoms with Crippen LogP contribution in [-0.4, -0.2) is 31.1 Å². The second-order valence-electron chi connectivity index (χ2n) is 3.48. The topological polar surface area (TPSA) is 99.3 Å². The Bertz CT molecular complexity index is 105. The maximum atomic E-state index is 5.94. The number of likely N-dealkylation sites (N-methyl/N-ethyl adjacent to an activating group) is 1. The van der Waals surface area contributed by atoms with Crippen molar-refractivity contribution in [3.05, 3.63) is 0 Å². The minimum absolute atomic E-state index is 0. The molecule has 0 aliphatic heterocycles. The van der Waals surface area contributed by atoms with E-state index in [-0.39, 0.29) is 12.3 Å². The number of rotatable bonds is 1. The molecule has 76 valence electrons. The minimum Gasteiger partial charge on any atom is -0.344 e. The summed E-state index contributed by atoms with van der Waals surface area (Å²) < 4.78 is 0. The summed E-state index contributed by atoms with van der Waals surface area (Å²) in [6.07, 6.45) is 5.18. The van der Waals surface area contributed by atoms with Gasteiger partial charge in [0.1, 0.15) is 0 Å². The van der Waals surface area contributed by atoms with E-state index in [1.807, 2.05) is 0 Å². The molecule has 1 fully saturated rings. The molecule has 0 aromatic heterocycles. The van der Waals surface area contributed by atoms with Gasteiger partial charge in [0, 0.05) is 12.1 Å². The zero-order valence-corrected chi connectivity index (χ0v) is 8.42. The van der Waals surface area contributed by atoms with Crippen LogP contribution in [0.5, 0.6) is 0 Å². The van der Waals surface area contributed by atoms with E-state index in [1.165, 1.54) is 25.7 Å². The average Bonchev–Trinajstić information content (AvgIpc) is 1.88. The molecule has 0 bridgehead atoms. The molecular formula is C8H24N4. The van der Waals surface area contributed by atoms with E-state index in [0.717, 1.165) is 0 Å². The molecule has 1 saturated carbocycles. The summed E-state index contributed by atoms with van der Waals surface area (Å²) in [7, 11) is 4.24. The zero-order valence-electron chi connectivity index (χ0n) is 8.42. The first kappa shape index (κ1) is 14.4. The lowest BCUT2D eigenvalue weighted by atomic mass is 9.90. The van der Waals surface area contributed by atoms with E-state index >= 15 is 0 Å². The largest absolute Gasteiger partial charge is 0.344 e. The van der Waals surface area contributed by atoms with Gasteiger partial charge in [0.2, 0.25) is 0 Å². The quantitative estimate of drug-likeness (QED) is 0.558. The molecule has 0 heterocycles. The van der Waals surface area contributed by atoms with E-state index in [4.69, 9.17) is 5.73 Å². The van der Waals surface area contributed by atoms with Crippen LogP contribution in [0.15, 0.2) is 0 Å². The van der Waals surface area contributed by atoms with Crippen LogP contribution in [0.3, 0.4) is 0 Å². The third-order valence-corrected chi connectivity index (χ3v) is 2.44. The van der Waals surface area contributed by atoms with E-state index in [1.54, 1.807) is 0 Å². The fraction of sp³-hybridized carbons (Fsp3) is 1.00. The lowest BCUT2D eigenvalue weighted by molar-refractivity contribution is 0.201. The van der Waals surface area contributed by atoms with Gasteiger partial charge in [0.05, 0.1) is 0 Å². The number of hydrogen-bond acceptors (Lipinski definition) is 4. The van der Waals surface area contributed by atoms with Gasteiger partial charge in [-0.05, 0) is 26.9 Å². The van der Waals surface area contributed by atoms with Crippen molar-refractivity contribution in [2.45, 2.75) is 37.8 Å². The summed E-state index contributed by atoms with van der Waals surface area (Å²) >= 11 is 0. The predicted molar refractivity (Wildman–Crippen MR) is 54.0 cm³/mol. The first-order chi connectivity index (χ1) is 4.72. The van der Waals surface area contributed by atoms with Crippen LogP contribution >= 0.6 is 0 Å². The Balaban J connectivity index is 0. The van der Waals surface area contributed by atoms with Crippen molar-refractivity contribution in [2.24, 2.45) is 5.73 Å². The van der Waals surface area contributed by atoms with Gasteiger partial charge in [-0.25, -0.2) is 0 Å². The van der Waals surface area contributed by atoms with Crippen LogP contribution in [0.1, 0.15) is 25.7 Å². The molecule has 12 heavy (non-hydrogen) atoms. The van der Waals surface area contributed by atoms with Crippen molar-refractivity contribution in [3.63, 3.8) is 0 Å². The third-order valence-electron chi connectivity index (χ3n) is 2.44. The summed E-state index contributed by atoms with van der Waals surface area (Å²) in [5.74, 6) is 0. The summed E-state index contributed by atoms with van der Waals surface area (Å²) in [5.41, 5.74) is 5.94. The Morgan fingerprint density at radius 2 is 1.58 bits per heavy atom. The van der Waals surface area contributed by atoms with Gasteiger partial charge in [-0.3, -0.25) is 0 Å². The first-order valence-corrected chi connectivity index (χ1v) is 4.14. The molecule has 4 heteroatoms. The molecule has 8 N–H and O–H groups in total. The normalized spacial score (nSPS) is 29.0. The second-order valence-corrected chi connectivity index (χ2v) is 3.48. The van der Waals surface area contributed by atoms with Gasteiger partial charge in [-0.15, -0.1) is 0 Å². The molecule has 0 saturated heterocycles. The zero-order chi connectivity index (χ0) is 7.56. The van der Waals surface area contributed by atoms with E-state index in [2.05, 4.69) is 19.0 Å². The molecular weight excluding hydrogens is 152 g/mol. The predicted octanol–water partition coefficient (Wildman–Crippen LogP) is 1.14. The molecule has 0 spiro atoms. The highest BCUT2D eigenvalue weighted by atomic mass is 15.1. The lowest BCUT2D eigenvalue weighted by Crippen LogP contribution is -2.46. The Morgan fingerprint density at radius 3 is 1.92 bits per heavy atom. The maximum Gasteiger partial charge on any atom is 0.0241 e. The molecule has 0 aromatic carbocycles. The summed E-state index contributed by atoms with van der Waals surface area (Å²) in [5, 5.41) is 0. The molecule has 2 atom stereocenters. The molecule has 1 aliphatic carbocycles. The van der Waals surface area contributed by atoms with Crippen LogP contribution in [0, 0.1) is 0 Å².